The fourth-order valence-electron chi connectivity index (χ4n) is 3.61. The van der Waals surface area contributed by atoms with Crippen LogP contribution in [0.3, 0.4) is 0 Å². The number of nitrogens with zero attached hydrogens (tertiary/aromatic N) is 1. The topological polar surface area (TPSA) is 72.2 Å². The summed E-state index contributed by atoms with van der Waals surface area (Å²) in [5.41, 5.74) is 7.18. The van der Waals surface area contributed by atoms with Crippen LogP contribution in [-0.4, -0.2) is 13.4 Å². The second-order valence-electron chi connectivity index (χ2n) is 7.86. The van der Waals surface area contributed by atoms with Crippen LogP contribution < -0.4 is 4.72 Å². The van der Waals surface area contributed by atoms with Crippen molar-refractivity contribution in [3.63, 3.8) is 0 Å². The molecule has 0 fully saturated rings. The molecule has 1 heterocycles. The van der Waals surface area contributed by atoms with E-state index in [9.17, 15) is 8.42 Å². The molecule has 0 aliphatic rings. The first-order chi connectivity index (χ1) is 14.7. The molecule has 1 N–H and O–H groups in total. The zero-order valence-corrected chi connectivity index (χ0v) is 18.7. The minimum atomic E-state index is -3.67. The van der Waals surface area contributed by atoms with Gasteiger partial charge < -0.3 is 4.42 Å². The van der Waals surface area contributed by atoms with E-state index in [1.54, 1.807) is 42.7 Å². The molecule has 0 aliphatic heterocycles. The van der Waals surface area contributed by atoms with Gasteiger partial charge in [-0.15, -0.1) is 0 Å². The zero-order valence-electron chi connectivity index (χ0n) is 17.9. The van der Waals surface area contributed by atoms with Gasteiger partial charge in [-0.1, -0.05) is 29.8 Å². The molecular formula is C25H24N2O3S. The van der Waals surface area contributed by atoms with E-state index in [1.807, 2.05) is 39.0 Å². The molecule has 6 heteroatoms. The van der Waals surface area contributed by atoms with Crippen molar-refractivity contribution in [1.82, 2.24) is 4.98 Å². The smallest absolute Gasteiger partial charge is 0.261 e. The van der Waals surface area contributed by atoms with Crippen LogP contribution in [0.1, 0.15) is 22.3 Å². The van der Waals surface area contributed by atoms with Crippen molar-refractivity contribution in [2.75, 3.05) is 4.72 Å². The molecular weight excluding hydrogens is 408 g/mol. The molecule has 0 spiro atoms. The average Bonchev–Trinajstić information content (AvgIpc) is 3.17. The monoisotopic (exact) mass is 432 g/mol. The molecule has 4 aromatic rings. The summed E-state index contributed by atoms with van der Waals surface area (Å²) in [5.74, 6) is 0.485. The molecule has 0 saturated heterocycles. The standard InChI is InChI=1S/C25H24N2O3S/c1-16-5-10-23(19(4)12-16)24-15-30-25(26-24)20-6-8-21(9-7-20)27-31(28,29)22-13-17(2)11-18(3)14-22/h5-15,27H,1-4H3. The fraction of sp³-hybridized carbons (Fsp3) is 0.160. The van der Waals surface area contributed by atoms with E-state index >= 15 is 0 Å². The Labute approximate surface area is 182 Å². The summed E-state index contributed by atoms with van der Waals surface area (Å²) in [7, 11) is -3.67. The van der Waals surface area contributed by atoms with Gasteiger partial charge in [0, 0.05) is 16.8 Å². The summed E-state index contributed by atoms with van der Waals surface area (Å²) >= 11 is 0. The van der Waals surface area contributed by atoms with E-state index in [1.165, 1.54) is 5.56 Å². The number of rotatable bonds is 5. The van der Waals surface area contributed by atoms with Gasteiger partial charge in [0.1, 0.15) is 12.0 Å². The minimum absolute atomic E-state index is 0.250. The number of benzene rings is 3. The molecule has 0 saturated carbocycles. The fourth-order valence-corrected chi connectivity index (χ4v) is 4.86. The molecule has 5 nitrogen and oxygen atoms in total. The summed E-state index contributed by atoms with van der Waals surface area (Å²) in [6.45, 7) is 7.86. The normalized spacial score (nSPS) is 11.5. The molecule has 0 unspecified atom stereocenters. The average molecular weight is 433 g/mol. The number of hydrogen-bond acceptors (Lipinski definition) is 4. The van der Waals surface area contributed by atoms with Gasteiger partial charge >= 0.3 is 0 Å². The Balaban J connectivity index is 1.55. The molecule has 0 atom stereocenters. The third kappa shape index (κ3) is 4.54. The Morgan fingerprint density at radius 1 is 0.806 bits per heavy atom. The van der Waals surface area contributed by atoms with Crippen molar-refractivity contribution in [1.29, 1.82) is 0 Å². The Morgan fingerprint density at radius 2 is 1.48 bits per heavy atom. The van der Waals surface area contributed by atoms with Crippen LogP contribution in [0, 0.1) is 27.7 Å². The number of aromatic nitrogens is 1. The highest BCUT2D eigenvalue weighted by atomic mass is 32.2. The summed E-state index contributed by atoms with van der Waals surface area (Å²) in [5, 5.41) is 0. The zero-order chi connectivity index (χ0) is 22.2. The Kier molecular flexibility index (Phi) is 5.41. The SMILES string of the molecule is Cc1cc(C)cc(S(=O)(=O)Nc2ccc(-c3nc(-c4ccc(C)cc4C)co3)cc2)c1. The van der Waals surface area contributed by atoms with E-state index in [0.29, 0.717) is 11.6 Å². The second-order valence-corrected chi connectivity index (χ2v) is 9.54. The molecule has 3 aromatic carbocycles. The first-order valence-electron chi connectivity index (χ1n) is 9.96. The second kappa shape index (κ2) is 8.04. The van der Waals surface area contributed by atoms with Crippen LogP contribution in [0.2, 0.25) is 0 Å². The lowest BCUT2D eigenvalue weighted by molar-refractivity contribution is 0.575. The maximum atomic E-state index is 12.7. The van der Waals surface area contributed by atoms with E-state index in [4.69, 9.17) is 4.42 Å². The highest BCUT2D eigenvalue weighted by molar-refractivity contribution is 7.92. The number of oxazole rings is 1. The first kappa shape index (κ1) is 20.9. The third-order valence-corrected chi connectivity index (χ3v) is 6.41. The van der Waals surface area contributed by atoms with Crippen LogP contribution in [0.4, 0.5) is 5.69 Å². The molecule has 0 radical (unpaired) electrons. The molecule has 4 rings (SSSR count). The quantitative estimate of drug-likeness (QED) is 0.417. The molecule has 1 aromatic heterocycles. The summed E-state index contributed by atoms with van der Waals surface area (Å²) in [4.78, 5) is 4.86. The van der Waals surface area contributed by atoms with Crippen molar-refractivity contribution in [3.05, 3.63) is 89.2 Å². The number of nitrogens with one attached hydrogen (secondary N) is 1. The highest BCUT2D eigenvalue weighted by Crippen LogP contribution is 2.28. The van der Waals surface area contributed by atoms with Gasteiger partial charge in [0.2, 0.25) is 5.89 Å². The van der Waals surface area contributed by atoms with Gasteiger partial charge in [-0.3, -0.25) is 4.72 Å². The first-order valence-corrected chi connectivity index (χ1v) is 11.4. The molecule has 0 amide bonds. The maximum absolute atomic E-state index is 12.7. The number of anilines is 1. The van der Waals surface area contributed by atoms with Crippen molar-refractivity contribution >= 4 is 15.7 Å². The lowest BCUT2D eigenvalue weighted by Gasteiger charge is -2.10. The van der Waals surface area contributed by atoms with Gasteiger partial charge in [-0.25, -0.2) is 13.4 Å². The van der Waals surface area contributed by atoms with Crippen molar-refractivity contribution in [2.24, 2.45) is 0 Å². The third-order valence-electron chi connectivity index (χ3n) is 5.05. The van der Waals surface area contributed by atoms with Gasteiger partial charge in [-0.2, -0.15) is 0 Å². The molecule has 158 valence electrons. The van der Waals surface area contributed by atoms with E-state index in [-0.39, 0.29) is 4.90 Å². The van der Waals surface area contributed by atoms with Crippen LogP contribution in [0.5, 0.6) is 0 Å². The maximum Gasteiger partial charge on any atom is 0.261 e. The predicted molar refractivity (Wildman–Crippen MR) is 124 cm³/mol. The number of aryl methyl sites for hydroxylation is 4. The summed E-state index contributed by atoms with van der Waals surface area (Å²) in [6, 6.07) is 18.4. The summed E-state index contributed by atoms with van der Waals surface area (Å²) < 4.78 is 33.8. The molecule has 0 bridgehead atoms. The van der Waals surface area contributed by atoms with Crippen LogP contribution in [0.15, 0.2) is 76.2 Å². The van der Waals surface area contributed by atoms with Gasteiger partial charge in [0.05, 0.1) is 4.90 Å². The largest absolute Gasteiger partial charge is 0.444 e. The van der Waals surface area contributed by atoms with Crippen molar-refractivity contribution in [3.8, 4) is 22.7 Å². The molecule has 0 aliphatic carbocycles. The van der Waals surface area contributed by atoms with Gasteiger partial charge in [0.25, 0.3) is 10.0 Å². The lowest BCUT2D eigenvalue weighted by atomic mass is 10.0. The Hall–Kier alpha value is -3.38. The van der Waals surface area contributed by atoms with Crippen molar-refractivity contribution in [2.45, 2.75) is 32.6 Å². The minimum Gasteiger partial charge on any atom is -0.444 e. The van der Waals surface area contributed by atoms with Crippen LogP contribution in [-0.2, 0) is 10.0 Å². The van der Waals surface area contributed by atoms with E-state index in [0.717, 1.165) is 33.5 Å². The molecule has 31 heavy (non-hydrogen) atoms. The van der Waals surface area contributed by atoms with Crippen molar-refractivity contribution < 1.29 is 12.8 Å². The number of sulfonamides is 1. The van der Waals surface area contributed by atoms with Gasteiger partial charge in [-0.05, 0) is 80.8 Å². The Morgan fingerprint density at radius 3 is 2.13 bits per heavy atom. The highest BCUT2D eigenvalue weighted by Gasteiger charge is 2.16. The number of hydrogen-bond donors (Lipinski definition) is 1. The van der Waals surface area contributed by atoms with Gasteiger partial charge in [0.15, 0.2) is 0 Å². The lowest BCUT2D eigenvalue weighted by Crippen LogP contribution is -2.13. The van der Waals surface area contributed by atoms with E-state index in [2.05, 4.69) is 22.7 Å². The van der Waals surface area contributed by atoms with E-state index < -0.39 is 10.0 Å². The summed E-state index contributed by atoms with van der Waals surface area (Å²) in [6.07, 6.45) is 1.64. The Bertz CT molecular complexity index is 1330. The van der Waals surface area contributed by atoms with Crippen LogP contribution in [0.25, 0.3) is 22.7 Å². The van der Waals surface area contributed by atoms with Crippen LogP contribution >= 0.6 is 0 Å². The predicted octanol–water partition coefficient (Wildman–Crippen LogP) is 6.04.